The van der Waals surface area contributed by atoms with Crippen LogP contribution < -0.4 is 10.5 Å². The van der Waals surface area contributed by atoms with Gasteiger partial charge >= 0.3 is 0 Å². The zero-order chi connectivity index (χ0) is 11.6. The van der Waals surface area contributed by atoms with Crippen LogP contribution in [0.15, 0.2) is 21.6 Å². The first-order valence-electron chi connectivity index (χ1n) is 4.21. The lowest BCUT2D eigenvalue weighted by molar-refractivity contribution is -0.119. The number of nitrogens with one attached hydrogen (secondary N) is 1. The van der Waals surface area contributed by atoms with Gasteiger partial charge in [0.05, 0.1) is 6.04 Å². The van der Waals surface area contributed by atoms with Gasteiger partial charge in [-0.1, -0.05) is 0 Å². The van der Waals surface area contributed by atoms with Crippen molar-refractivity contribution in [3.8, 4) is 0 Å². The van der Waals surface area contributed by atoms with Gasteiger partial charge in [-0.25, -0.2) is 8.42 Å². The van der Waals surface area contributed by atoms with E-state index in [1.54, 1.807) is 6.92 Å². The number of primary amides is 1. The number of carbonyl (C=O) groups is 1. The Balaban J connectivity index is 2.90. The molecule has 6 nitrogen and oxygen atoms in total. The van der Waals surface area contributed by atoms with Crippen molar-refractivity contribution in [2.45, 2.75) is 25.0 Å². The van der Waals surface area contributed by atoms with Gasteiger partial charge in [0.15, 0.2) is 0 Å². The number of furan rings is 1. The van der Waals surface area contributed by atoms with Gasteiger partial charge in [0.1, 0.15) is 5.76 Å². The molecule has 0 fully saturated rings. The molecule has 1 heterocycles. The summed E-state index contributed by atoms with van der Waals surface area (Å²) in [5.41, 5.74) is 4.93. The monoisotopic (exact) mass is 232 g/mol. The molecule has 7 heteroatoms. The van der Waals surface area contributed by atoms with E-state index < -0.39 is 22.0 Å². The predicted octanol–water partition coefficient (Wildman–Crippen LogP) is -0.260. The highest BCUT2D eigenvalue weighted by molar-refractivity contribution is 7.89. The molecule has 0 radical (unpaired) electrons. The summed E-state index contributed by atoms with van der Waals surface area (Å²) in [5.74, 6) is -0.274. The molecule has 1 unspecified atom stereocenters. The van der Waals surface area contributed by atoms with Gasteiger partial charge in [0, 0.05) is 0 Å². The van der Waals surface area contributed by atoms with Crippen LogP contribution in [0.2, 0.25) is 0 Å². The van der Waals surface area contributed by atoms with Crippen LogP contribution in [-0.4, -0.2) is 20.4 Å². The molecule has 0 aliphatic heterocycles. The molecule has 1 aromatic rings. The number of hydrogen-bond acceptors (Lipinski definition) is 4. The van der Waals surface area contributed by atoms with E-state index in [2.05, 4.69) is 4.72 Å². The Morgan fingerprint density at radius 3 is 2.53 bits per heavy atom. The molecule has 0 aromatic carbocycles. The molecule has 1 amide bonds. The highest BCUT2D eigenvalue weighted by atomic mass is 32.2. The normalized spacial score (nSPS) is 13.7. The number of rotatable bonds is 4. The largest absolute Gasteiger partial charge is 0.449 e. The summed E-state index contributed by atoms with van der Waals surface area (Å²) < 4.78 is 30.1. The maximum Gasteiger partial charge on any atom is 0.274 e. The Labute approximate surface area is 87.5 Å². The second-order valence-corrected chi connectivity index (χ2v) is 4.76. The molecule has 3 N–H and O–H groups in total. The summed E-state index contributed by atoms with van der Waals surface area (Å²) >= 11 is 0. The number of nitrogens with two attached hydrogens (primary N) is 1. The van der Waals surface area contributed by atoms with Crippen molar-refractivity contribution in [2.24, 2.45) is 5.73 Å². The summed E-state index contributed by atoms with van der Waals surface area (Å²) in [4.78, 5) is 10.7. The van der Waals surface area contributed by atoms with Crippen molar-refractivity contribution in [3.63, 3.8) is 0 Å². The summed E-state index contributed by atoms with van der Waals surface area (Å²) in [6.07, 6.45) is 0. The fraction of sp³-hybridized carbons (Fsp3) is 0.375. The van der Waals surface area contributed by atoms with E-state index in [0.29, 0.717) is 5.76 Å². The van der Waals surface area contributed by atoms with Crippen LogP contribution >= 0.6 is 0 Å². The molecule has 1 aromatic heterocycles. The van der Waals surface area contributed by atoms with Crippen LogP contribution in [0.1, 0.15) is 12.7 Å². The zero-order valence-electron chi connectivity index (χ0n) is 8.35. The van der Waals surface area contributed by atoms with E-state index in [0.717, 1.165) is 0 Å². The molecule has 0 bridgehead atoms. The highest BCUT2D eigenvalue weighted by Crippen LogP contribution is 2.12. The number of aryl methyl sites for hydroxylation is 1. The molecule has 0 saturated carbocycles. The molecule has 0 aliphatic carbocycles. The Morgan fingerprint density at radius 2 is 2.13 bits per heavy atom. The van der Waals surface area contributed by atoms with Gasteiger partial charge in [-0.3, -0.25) is 4.79 Å². The lowest BCUT2D eigenvalue weighted by Crippen LogP contribution is -2.41. The standard InChI is InChI=1S/C8H12N2O4S/c1-5-3-4-7(14-5)15(12,13)10-6(2)8(9)11/h3-4,6,10H,1-2H3,(H2,9,11). The Bertz CT molecular complexity index is 463. The minimum Gasteiger partial charge on any atom is -0.449 e. The third kappa shape index (κ3) is 2.80. The van der Waals surface area contributed by atoms with E-state index in [1.807, 2.05) is 0 Å². The van der Waals surface area contributed by atoms with Gasteiger partial charge in [-0.05, 0) is 26.0 Å². The number of sulfonamides is 1. The van der Waals surface area contributed by atoms with Crippen LogP contribution in [0.5, 0.6) is 0 Å². The average Bonchev–Trinajstić information content (AvgIpc) is 2.51. The van der Waals surface area contributed by atoms with Crippen LogP contribution in [-0.2, 0) is 14.8 Å². The first kappa shape index (κ1) is 11.7. The molecule has 0 saturated heterocycles. The number of hydrogen-bond donors (Lipinski definition) is 2. The molecule has 1 rings (SSSR count). The minimum absolute atomic E-state index is 0.229. The van der Waals surface area contributed by atoms with E-state index in [-0.39, 0.29) is 5.09 Å². The predicted molar refractivity (Wildman–Crippen MR) is 52.4 cm³/mol. The SMILES string of the molecule is Cc1ccc(S(=O)(=O)NC(C)C(N)=O)o1. The van der Waals surface area contributed by atoms with Crippen molar-refractivity contribution in [1.29, 1.82) is 0 Å². The second kappa shape index (κ2) is 4.03. The van der Waals surface area contributed by atoms with Gasteiger partial charge < -0.3 is 10.2 Å². The lowest BCUT2D eigenvalue weighted by atomic mass is 10.4. The maximum atomic E-state index is 11.5. The third-order valence-corrected chi connectivity index (χ3v) is 3.15. The molecular weight excluding hydrogens is 220 g/mol. The highest BCUT2D eigenvalue weighted by Gasteiger charge is 2.22. The summed E-state index contributed by atoms with van der Waals surface area (Å²) in [5, 5.41) is -0.229. The molecule has 15 heavy (non-hydrogen) atoms. The Kier molecular flexibility index (Phi) is 3.15. The molecule has 1 atom stereocenters. The molecule has 84 valence electrons. The number of amides is 1. The van der Waals surface area contributed by atoms with Gasteiger partial charge in [0.2, 0.25) is 11.0 Å². The summed E-state index contributed by atoms with van der Waals surface area (Å²) in [6.45, 7) is 2.98. The fourth-order valence-electron chi connectivity index (χ4n) is 0.905. The van der Waals surface area contributed by atoms with Crippen molar-refractivity contribution < 1.29 is 17.6 Å². The second-order valence-electron chi connectivity index (χ2n) is 3.11. The van der Waals surface area contributed by atoms with Crippen LogP contribution in [0.25, 0.3) is 0 Å². The first-order chi connectivity index (χ1) is 6.83. The first-order valence-corrected chi connectivity index (χ1v) is 5.69. The molecule has 0 spiro atoms. The van der Waals surface area contributed by atoms with E-state index in [4.69, 9.17) is 10.2 Å². The maximum absolute atomic E-state index is 11.5. The Morgan fingerprint density at radius 1 is 1.53 bits per heavy atom. The van der Waals surface area contributed by atoms with Crippen LogP contribution in [0.4, 0.5) is 0 Å². The summed E-state index contributed by atoms with van der Waals surface area (Å²) in [7, 11) is -3.80. The Hall–Kier alpha value is -1.34. The quantitative estimate of drug-likeness (QED) is 0.746. The smallest absolute Gasteiger partial charge is 0.274 e. The van der Waals surface area contributed by atoms with Crippen molar-refractivity contribution in [1.82, 2.24) is 4.72 Å². The topological polar surface area (TPSA) is 102 Å². The average molecular weight is 232 g/mol. The van der Waals surface area contributed by atoms with Crippen LogP contribution in [0, 0.1) is 6.92 Å². The van der Waals surface area contributed by atoms with E-state index >= 15 is 0 Å². The van der Waals surface area contributed by atoms with Crippen LogP contribution in [0.3, 0.4) is 0 Å². The molecule has 0 aliphatic rings. The van der Waals surface area contributed by atoms with Gasteiger partial charge in [0.25, 0.3) is 10.0 Å². The van der Waals surface area contributed by atoms with Gasteiger partial charge in [-0.15, -0.1) is 0 Å². The zero-order valence-corrected chi connectivity index (χ0v) is 9.17. The van der Waals surface area contributed by atoms with Crippen molar-refractivity contribution in [3.05, 3.63) is 17.9 Å². The minimum atomic E-state index is -3.80. The van der Waals surface area contributed by atoms with Crippen molar-refractivity contribution >= 4 is 15.9 Å². The number of carbonyl (C=O) groups excluding carboxylic acids is 1. The van der Waals surface area contributed by atoms with E-state index in [9.17, 15) is 13.2 Å². The summed E-state index contributed by atoms with van der Waals surface area (Å²) in [6, 6.07) is 1.86. The van der Waals surface area contributed by atoms with E-state index in [1.165, 1.54) is 19.1 Å². The lowest BCUT2D eigenvalue weighted by Gasteiger charge is -2.08. The molecular formula is C8H12N2O4S. The van der Waals surface area contributed by atoms with Crippen molar-refractivity contribution in [2.75, 3.05) is 0 Å². The van der Waals surface area contributed by atoms with Gasteiger partial charge in [-0.2, -0.15) is 4.72 Å². The fourth-order valence-corrected chi connectivity index (χ4v) is 2.09. The third-order valence-electron chi connectivity index (χ3n) is 1.74.